The Hall–Kier alpha value is -1.75. The maximum Gasteiger partial charge on any atom is 0.254 e. The molecule has 1 amide bonds. The van der Waals surface area contributed by atoms with Gasteiger partial charge in [0.1, 0.15) is 0 Å². The molecule has 2 aliphatic rings. The van der Waals surface area contributed by atoms with Gasteiger partial charge in [-0.15, -0.1) is 0 Å². The molecule has 0 saturated carbocycles. The van der Waals surface area contributed by atoms with E-state index in [1.165, 1.54) is 0 Å². The zero-order valence-corrected chi connectivity index (χ0v) is 11.1. The lowest BCUT2D eigenvalue weighted by Gasteiger charge is -2.35. The highest BCUT2D eigenvalue weighted by Gasteiger charge is 2.27. The first kappa shape index (κ1) is 12.3. The van der Waals surface area contributed by atoms with Crippen LogP contribution in [0.4, 0.5) is 0 Å². The molecule has 1 saturated heterocycles. The monoisotopic (exact) mass is 263 g/mol. The molecule has 3 rings (SSSR count). The van der Waals surface area contributed by atoms with Crippen molar-refractivity contribution in [2.24, 2.45) is 0 Å². The van der Waals surface area contributed by atoms with Crippen molar-refractivity contribution in [3.63, 3.8) is 0 Å². The summed E-state index contributed by atoms with van der Waals surface area (Å²) < 4.78 is 16.2. The van der Waals surface area contributed by atoms with Gasteiger partial charge in [0.25, 0.3) is 5.91 Å². The van der Waals surface area contributed by atoms with Gasteiger partial charge in [0.05, 0.1) is 12.2 Å². The van der Waals surface area contributed by atoms with Crippen LogP contribution >= 0.6 is 0 Å². The number of carbonyl (C=O) groups excluding carboxylic acids is 1. The standard InChI is InChI=1S/C14H17NO4/c1-9-6-15(7-10(2)19-9)14(16)11-3-4-12-13(5-11)18-8-17-12/h3-5,9-10H,6-8H2,1-2H3. The number of nitrogens with zero attached hydrogens (tertiary/aromatic N) is 1. The Bertz CT molecular complexity index is 492. The van der Waals surface area contributed by atoms with E-state index in [4.69, 9.17) is 14.2 Å². The third-order valence-corrected chi connectivity index (χ3v) is 3.33. The summed E-state index contributed by atoms with van der Waals surface area (Å²) in [6.45, 7) is 5.43. The van der Waals surface area contributed by atoms with Gasteiger partial charge in [-0.05, 0) is 32.0 Å². The predicted octanol–water partition coefficient (Wildman–Crippen LogP) is 1.66. The third-order valence-electron chi connectivity index (χ3n) is 3.33. The fourth-order valence-electron chi connectivity index (χ4n) is 2.56. The molecular weight excluding hydrogens is 246 g/mol. The van der Waals surface area contributed by atoms with Crippen LogP contribution in [0.2, 0.25) is 0 Å². The van der Waals surface area contributed by atoms with Crippen LogP contribution in [-0.2, 0) is 4.74 Å². The van der Waals surface area contributed by atoms with Crippen LogP contribution in [-0.4, -0.2) is 42.9 Å². The summed E-state index contributed by atoms with van der Waals surface area (Å²) in [4.78, 5) is 14.3. The van der Waals surface area contributed by atoms with Crippen molar-refractivity contribution in [1.29, 1.82) is 0 Å². The van der Waals surface area contributed by atoms with E-state index in [-0.39, 0.29) is 24.9 Å². The third kappa shape index (κ3) is 2.38. The molecule has 2 aliphatic heterocycles. The number of ether oxygens (including phenoxy) is 3. The second kappa shape index (κ2) is 4.74. The molecule has 0 radical (unpaired) electrons. The first-order valence-corrected chi connectivity index (χ1v) is 6.48. The van der Waals surface area contributed by atoms with Crippen molar-refractivity contribution in [2.75, 3.05) is 19.9 Å². The molecule has 0 N–H and O–H groups in total. The van der Waals surface area contributed by atoms with E-state index >= 15 is 0 Å². The van der Waals surface area contributed by atoms with E-state index in [0.29, 0.717) is 30.2 Å². The van der Waals surface area contributed by atoms with Gasteiger partial charge in [-0.1, -0.05) is 0 Å². The summed E-state index contributed by atoms with van der Waals surface area (Å²) in [5.74, 6) is 1.35. The molecule has 0 aromatic heterocycles. The lowest BCUT2D eigenvalue weighted by molar-refractivity contribution is -0.0586. The van der Waals surface area contributed by atoms with E-state index < -0.39 is 0 Å². The van der Waals surface area contributed by atoms with E-state index in [1.807, 2.05) is 18.7 Å². The van der Waals surface area contributed by atoms with Gasteiger partial charge >= 0.3 is 0 Å². The van der Waals surface area contributed by atoms with Gasteiger partial charge in [-0.3, -0.25) is 4.79 Å². The van der Waals surface area contributed by atoms with Crippen LogP contribution < -0.4 is 9.47 Å². The van der Waals surface area contributed by atoms with Crippen LogP contribution in [0.25, 0.3) is 0 Å². The second-order valence-electron chi connectivity index (χ2n) is 5.04. The molecule has 0 bridgehead atoms. The van der Waals surface area contributed by atoms with Crippen molar-refractivity contribution in [3.8, 4) is 11.5 Å². The maximum absolute atomic E-state index is 12.5. The highest BCUT2D eigenvalue weighted by Crippen LogP contribution is 2.33. The average Bonchev–Trinajstić information content (AvgIpc) is 2.83. The highest BCUT2D eigenvalue weighted by atomic mass is 16.7. The van der Waals surface area contributed by atoms with E-state index in [0.717, 1.165) is 0 Å². The van der Waals surface area contributed by atoms with Gasteiger partial charge in [-0.25, -0.2) is 0 Å². The van der Waals surface area contributed by atoms with Crippen molar-refractivity contribution >= 4 is 5.91 Å². The molecule has 102 valence electrons. The molecule has 19 heavy (non-hydrogen) atoms. The largest absolute Gasteiger partial charge is 0.454 e. The fraction of sp³-hybridized carbons (Fsp3) is 0.500. The Morgan fingerprint density at radius 3 is 2.58 bits per heavy atom. The van der Waals surface area contributed by atoms with Crippen molar-refractivity contribution in [1.82, 2.24) is 4.90 Å². The minimum absolute atomic E-state index is 0.0142. The van der Waals surface area contributed by atoms with Crippen LogP contribution in [0.3, 0.4) is 0 Å². The Morgan fingerprint density at radius 2 is 1.84 bits per heavy atom. The number of benzene rings is 1. The van der Waals surface area contributed by atoms with Crippen molar-refractivity contribution in [2.45, 2.75) is 26.1 Å². The smallest absolute Gasteiger partial charge is 0.254 e. The van der Waals surface area contributed by atoms with E-state index in [9.17, 15) is 4.79 Å². The van der Waals surface area contributed by atoms with Crippen LogP contribution in [0.5, 0.6) is 11.5 Å². The minimum atomic E-state index is 0.0142. The number of rotatable bonds is 1. The predicted molar refractivity (Wildman–Crippen MR) is 68.5 cm³/mol. The Morgan fingerprint density at radius 1 is 1.16 bits per heavy atom. The molecule has 0 spiro atoms. The quantitative estimate of drug-likeness (QED) is 0.773. The minimum Gasteiger partial charge on any atom is -0.454 e. The summed E-state index contributed by atoms with van der Waals surface area (Å²) in [6.07, 6.45) is 0.142. The molecule has 2 heterocycles. The molecule has 0 aliphatic carbocycles. The Kier molecular flexibility index (Phi) is 3.06. The first-order valence-electron chi connectivity index (χ1n) is 6.48. The first-order chi connectivity index (χ1) is 9.13. The molecular formula is C14H17NO4. The lowest BCUT2D eigenvalue weighted by Crippen LogP contribution is -2.48. The molecule has 1 aromatic rings. The summed E-state index contributed by atoms with van der Waals surface area (Å²) in [5.41, 5.74) is 0.630. The van der Waals surface area contributed by atoms with Gasteiger partial charge in [0, 0.05) is 18.7 Å². The van der Waals surface area contributed by atoms with Gasteiger partial charge in [0.15, 0.2) is 11.5 Å². The lowest BCUT2D eigenvalue weighted by atomic mass is 10.1. The second-order valence-corrected chi connectivity index (χ2v) is 5.04. The number of amides is 1. The average molecular weight is 263 g/mol. The van der Waals surface area contributed by atoms with Crippen molar-refractivity contribution < 1.29 is 19.0 Å². The maximum atomic E-state index is 12.5. The zero-order valence-electron chi connectivity index (χ0n) is 11.1. The van der Waals surface area contributed by atoms with Crippen molar-refractivity contribution in [3.05, 3.63) is 23.8 Å². The number of carbonyl (C=O) groups is 1. The molecule has 5 heteroatoms. The van der Waals surface area contributed by atoms with E-state index in [1.54, 1.807) is 18.2 Å². The SMILES string of the molecule is CC1CN(C(=O)c2ccc3c(c2)OCO3)CC(C)O1. The van der Waals surface area contributed by atoms with Crippen LogP contribution in [0, 0.1) is 0 Å². The number of morpholine rings is 1. The summed E-state index contributed by atoms with van der Waals surface area (Å²) in [7, 11) is 0. The fourth-order valence-corrected chi connectivity index (χ4v) is 2.56. The number of hydrogen-bond acceptors (Lipinski definition) is 4. The van der Waals surface area contributed by atoms with E-state index in [2.05, 4.69) is 0 Å². The Labute approximate surface area is 112 Å². The molecule has 2 unspecified atom stereocenters. The Balaban J connectivity index is 1.80. The number of fused-ring (bicyclic) bond motifs is 1. The molecule has 5 nitrogen and oxygen atoms in total. The normalized spacial score (nSPS) is 25.5. The van der Waals surface area contributed by atoms with Gasteiger partial charge < -0.3 is 19.1 Å². The topological polar surface area (TPSA) is 48.0 Å². The summed E-state index contributed by atoms with van der Waals surface area (Å²) >= 11 is 0. The van der Waals surface area contributed by atoms with Crippen LogP contribution in [0.1, 0.15) is 24.2 Å². The summed E-state index contributed by atoms with van der Waals surface area (Å²) in [5, 5.41) is 0. The van der Waals surface area contributed by atoms with Crippen LogP contribution in [0.15, 0.2) is 18.2 Å². The summed E-state index contributed by atoms with van der Waals surface area (Å²) in [6, 6.07) is 5.30. The molecule has 1 fully saturated rings. The molecule has 1 aromatic carbocycles. The van der Waals surface area contributed by atoms with Gasteiger partial charge in [0.2, 0.25) is 6.79 Å². The number of hydrogen-bond donors (Lipinski definition) is 0. The zero-order chi connectivity index (χ0) is 13.4. The molecule has 2 atom stereocenters. The highest BCUT2D eigenvalue weighted by molar-refractivity contribution is 5.95. The van der Waals surface area contributed by atoms with Gasteiger partial charge in [-0.2, -0.15) is 0 Å².